The van der Waals surface area contributed by atoms with Crippen molar-refractivity contribution in [2.45, 2.75) is 50.7 Å². The smallest absolute Gasteiger partial charge is 0.415 e. The first-order valence-corrected chi connectivity index (χ1v) is 12.9. The number of carbonyl (C=O) groups excluding carboxylic acids is 1. The normalized spacial score (nSPS) is 16.2. The summed E-state index contributed by atoms with van der Waals surface area (Å²) in [5.41, 5.74) is 2.84. The van der Waals surface area contributed by atoms with E-state index in [-0.39, 0.29) is 11.5 Å². The largest absolute Gasteiger partial charge is 0.443 e. The summed E-state index contributed by atoms with van der Waals surface area (Å²) >= 11 is 1.37. The molecule has 2 aliphatic rings. The maximum absolute atomic E-state index is 15.4. The van der Waals surface area contributed by atoms with E-state index in [1.54, 1.807) is 17.0 Å². The minimum atomic E-state index is -0.620. The molecule has 5 nitrogen and oxygen atoms in total. The number of benzene rings is 2. The number of hydrogen-bond donors (Lipinski definition) is 0. The lowest BCUT2D eigenvalue weighted by Crippen LogP contribution is -2.38. The first kappa shape index (κ1) is 22.9. The van der Waals surface area contributed by atoms with Gasteiger partial charge in [-0.2, -0.15) is 0 Å². The van der Waals surface area contributed by atoms with Crippen molar-refractivity contribution in [3.05, 3.63) is 89.9 Å². The van der Waals surface area contributed by atoms with Gasteiger partial charge in [-0.05, 0) is 69.5 Å². The van der Waals surface area contributed by atoms with Gasteiger partial charge in [0.1, 0.15) is 26.8 Å². The molecule has 0 aliphatic heterocycles. The zero-order chi connectivity index (χ0) is 25.1. The minimum absolute atomic E-state index is 0.0446. The molecular formula is C29H26FN3O2S. The van der Waals surface area contributed by atoms with Crippen LogP contribution in [0, 0.1) is 5.82 Å². The second-order valence-corrected chi connectivity index (χ2v) is 11.3. The van der Waals surface area contributed by atoms with E-state index in [1.165, 1.54) is 23.0 Å². The number of fused-ring (bicyclic) bond motifs is 1. The first-order valence-electron chi connectivity index (χ1n) is 12.1. The van der Waals surface area contributed by atoms with E-state index in [0.717, 1.165) is 28.9 Å². The van der Waals surface area contributed by atoms with E-state index in [9.17, 15) is 4.79 Å². The quantitative estimate of drug-likeness (QED) is 0.271. The van der Waals surface area contributed by atoms with E-state index in [1.807, 2.05) is 51.1 Å². The van der Waals surface area contributed by atoms with Crippen LogP contribution in [0.1, 0.15) is 44.9 Å². The highest BCUT2D eigenvalue weighted by Gasteiger charge is 2.40. The lowest BCUT2D eigenvalue weighted by molar-refractivity contribution is 0.0577. The zero-order valence-corrected chi connectivity index (χ0v) is 21.2. The van der Waals surface area contributed by atoms with Crippen LogP contribution in [0.15, 0.2) is 72.8 Å². The van der Waals surface area contributed by atoms with Crippen LogP contribution in [0.5, 0.6) is 0 Å². The van der Waals surface area contributed by atoms with E-state index in [0.29, 0.717) is 16.3 Å². The summed E-state index contributed by atoms with van der Waals surface area (Å²) in [5, 5.41) is 0.562. The number of halogens is 1. The number of anilines is 1. The van der Waals surface area contributed by atoms with Crippen molar-refractivity contribution in [2.75, 3.05) is 4.90 Å². The molecule has 0 bridgehead atoms. The van der Waals surface area contributed by atoms with E-state index < -0.39 is 17.5 Å². The molecular weight excluding hydrogens is 473 g/mol. The highest BCUT2D eigenvalue weighted by molar-refractivity contribution is 7.21. The van der Waals surface area contributed by atoms with Crippen LogP contribution in [0.2, 0.25) is 0 Å². The molecule has 6 rings (SSSR count). The molecule has 0 unspecified atom stereocenters. The summed E-state index contributed by atoms with van der Waals surface area (Å²) in [6, 6.07) is 19.1. The second kappa shape index (κ2) is 8.23. The van der Waals surface area contributed by atoms with E-state index in [2.05, 4.69) is 29.3 Å². The van der Waals surface area contributed by atoms with Crippen LogP contribution in [-0.4, -0.2) is 27.7 Å². The van der Waals surface area contributed by atoms with Gasteiger partial charge >= 0.3 is 6.09 Å². The minimum Gasteiger partial charge on any atom is -0.443 e. The van der Waals surface area contributed by atoms with Crippen LogP contribution in [0.3, 0.4) is 0 Å². The molecule has 0 N–H and O–H groups in total. The number of ether oxygens (including phenoxy) is 1. The average molecular weight is 500 g/mol. The van der Waals surface area contributed by atoms with Crippen molar-refractivity contribution >= 4 is 33.5 Å². The Labute approximate surface area is 213 Å². The third-order valence-electron chi connectivity index (χ3n) is 6.39. The molecule has 1 saturated carbocycles. The van der Waals surface area contributed by atoms with Crippen molar-refractivity contribution in [2.24, 2.45) is 0 Å². The highest BCUT2D eigenvalue weighted by Crippen LogP contribution is 2.45. The van der Waals surface area contributed by atoms with Gasteiger partial charge in [0.2, 0.25) is 0 Å². The maximum atomic E-state index is 15.4. The standard InChI is InChI=1S/C29H26FN3O2S/c1-28(2,3)35-27(34)33(19-9-10-19)20-11-12-21(22(30)17-20)25-31-23-13-14-24(32-26(23)36-25)29(15-16-29)18-7-5-4-6-8-18/h4-8,11-17,19H,9-10H2,1-3H3. The monoisotopic (exact) mass is 499 g/mol. The fourth-order valence-electron chi connectivity index (χ4n) is 4.41. The van der Waals surface area contributed by atoms with Crippen molar-refractivity contribution in [1.29, 1.82) is 0 Å². The first-order chi connectivity index (χ1) is 17.2. The third-order valence-corrected chi connectivity index (χ3v) is 7.39. The fraction of sp³-hybridized carbons (Fsp3) is 0.276. The molecule has 2 heterocycles. The second-order valence-electron chi connectivity index (χ2n) is 10.4. The van der Waals surface area contributed by atoms with Crippen LogP contribution in [0.25, 0.3) is 20.9 Å². The van der Waals surface area contributed by atoms with Gasteiger partial charge in [0.05, 0.1) is 16.8 Å². The Hall–Kier alpha value is -3.58. The molecule has 4 aromatic rings. The Kier molecular flexibility index (Phi) is 5.23. The number of hydrogen-bond acceptors (Lipinski definition) is 5. The average Bonchev–Trinajstić information content (AvgIpc) is 3.76. The van der Waals surface area contributed by atoms with Gasteiger partial charge in [0.15, 0.2) is 0 Å². The van der Waals surface area contributed by atoms with Gasteiger partial charge in [-0.15, -0.1) is 0 Å². The molecule has 0 spiro atoms. The predicted molar refractivity (Wildman–Crippen MR) is 141 cm³/mol. The predicted octanol–water partition coefficient (Wildman–Crippen LogP) is 7.26. The SMILES string of the molecule is CC(C)(C)OC(=O)N(c1ccc(-c2nc3ccc(C4(c5ccccc5)C=C4)nc3s2)c(F)c1)C1CC1. The van der Waals surface area contributed by atoms with Gasteiger partial charge in [-0.25, -0.2) is 19.2 Å². The summed E-state index contributed by atoms with van der Waals surface area (Å²) in [6.45, 7) is 5.48. The highest BCUT2D eigenvalue weighted by atomic mass is 32.1. The van der Waals surface area contributed by atoms with Gasteiger partial charge in [-0.1, -0.05) is 53.8 Å². The summed E-state index contributed by atoms with van der Waals surface area (Å²) in [7, 11) is 0. The molecule has 0 atom stereocenters. The molecule has 2 aromatic heterocycles. The Morgan fingerprint density at radius 3 is 2.44 bits per heavy atom. The van der Waals surface area contributed by atoms with Gasteiger partial charge in [0, 0.05) is 11.6 Å². The van der Waals surface area contributed by atoms with Crippen molar-refractivity contribution < 1.29 is 13.9 Å². The van der Waals surface area contributed by atoms with Crippen molar-refractivity contribution in [1.82, 2.24) is 9.97 Å². The van der Waals surface area contributed by atoms with E-state index >= 15 is 4.39 Å². The third kappa shape index (κ3) is 4.17. The van der Waals surface area contributed by atoms with Gasteiger partial charge < -0.3 is 4.74 Å². The van der Waals surface area contributed by atoms with Gasteiger partial charge in [-0.3, -0.25) is 4.90 Å². The van der Waals surface area contributed by atoms with Crippen molar-refractivity contribution in [3.8, 4) is 10.6 Å². The Balaban J connectivity index is 1.30. The molecule has 2 aliphatic carbocycles. The van der Waals surface area contributed by atoms with Crippen molar-refractivity contribution in [3.63, 3.8) is 0 Å². The lowest BCUT2D eigenvalue weighted by atomic mass is 9.89. The Morgan fingerprint density at radius 2 is 1.81 bits per heavy atom. The molecule has 7 heteroatoms. The number of pyridine rings is 1. The van der Waals surface area contributed by atoms with Gasteiger partial charge in [0.25, 0.3) is 0 Å². The zero-order valence-electron chi connectivity index (χ0n) is 20.4. The molecule has 182 valence electrons. The molecule has 0 radical (unpaired) electrons. The Morgan fingerprint density at radius 1 is 1.06 bits per heavy atom. The molecule has 0 saturated heterocycles. The number of aromatic nitrogens is 2. The number of amides is 1. The van der Waals surface area contributed by atoms with Crippen LogP contribution in [-0.2, 0) is 10.2 Å². The maximum Gasteiger partial charge on any atom is 0.415 e. The number of rotatable bonds is 5. The van der Waals surface area contributed by atoms with Crippen LogP contribution >= 0.6 is 11.3 Å². The molecule has 36 heavy (non-hydrogen) atoms. The summed E-state index contributed by atoms with van der Waals surface area (Å²) < 4.78 is 20.9. The number of nitrogens with zero attached hydrogens (tertiary/aromatic N) is 3. The topological polar surface area (TPSA) is 55.3 Å². The molecule has 2 aromatic carbocycles. The van der Waals surface area contributed by atoms with E-state index in [4.69, 9.17) is 9.72 Å². The summed E-state index contributed by atoms with van der Waals surface area (Å²) in [5.74, 6) is -0.425. The number of carbonyl (C=O) groups is 1. The van der Waals surface area contributed by atoms with Crippen LogP contribution in [0.4, 0.5) is 14.9 Å². The Bertz CT molecular complexity index is 1500. The molecule has 1 fully saturated rings. The van der Waals surface area contributed by atoms with Crippen LogP contribution < -0.4 is 4.90 Å². The number of thiazole rings is 1. The molecule has 1 amide bonds. The number of allylic oxidation sites excluding steroid dienone is 2. The summed E-state index contributed by atoms with van der Waals surface area (Å²) in [4.78, 5) is 24.7. The summed E-state index contributed by atoms with van der Waals surface area (Å²) in [6.07, 6.45) is 5.61. The fourth-order valence-corrected chi connectivity index (χ4v) is 5.37. The lowest BCUT2D eigenvalue weighted by Gasteiger charge is -2.27.